The molecule has 0 aromatic heterocycles. The minimum absolute atomic E-state index is 0.0100. The van der Waals surface area contributed by atoms with Gasteiger partial charge in [-0.15, -0.1) is 0 Å². The molecule has 0 heterocycles. The van der Waals surface area contributed by atoms with Crippen molar-refractivity contribution in [2.75, 3.05) is 13.2 Å². The number of fused-ring (bicyclic) bond motifs is 1. The maximum Gasteiger partial charge on any atom is 0.258 e. The highest BCUT2D eigenvalue weighted by molar-refractivity contribution is 6.02. The van der Waals surface area contributed by atoms with Gasteiger partial charge in [-0.1, -0.05) is 24.3 Å². The van der Waals surface area contributed by atoms with Crippen LogP contribution in [0.1, 0.15) is 38.1 Å². The summed E-state index contributed by atoms with van der Waals surface area (Å²) < 4.78 is 5.64. The van der Waals surface area contributed by atoms with Crippen LogP contribution in [0, 0.1) is 0 Å². The molecule has 0 atom stereocenters. The topological polar surface area (TPSA) is 87.7 Å². The molecule has 2 aromatic rings. The molecular formula is C20H26N2O4. The molecule has 6 heteroatoms. The molecule has 2 rings (SSSR count). The van der Waals surface area contributed by atoms with Crippen LogP contribution in [0.2, 0.25) is 0 Å². The molecule has 0 aliphatic rings. The highest BCUT2D eigenvalue weighted by atomic mass is 16.5. The Labute approximate surface area is 153 Å². The Morgan fingerprint density at radius 2 is 1.77 bits per heavy atom. The molecule has 3 N–H and O–H groups in total. The summed E-state index contributed by atoms with van der Waals surface area (Å²) in [5.41, 5.74) is -0.447. The Kier molecular flexibility index (Phi) is 6.21. The SMILES string of the molecule is CC(C)NC(=O)COc1cc2ccccc2cc1C(=O)NC(C)(C)CO. The Hall–Kier alpha value is -2.60. The van der Waals surface area contributed by atoms with Gasteiger partial charge in [0.2, 0.25) is 0 Å². The molecule has 0 saturated heterocycles. The van der Waals surface area contributed by atoms with E-state index in [4.69, 9.17) is 4.74 Å². The Morgan fingerprint density at radius 1 is 1.15 bits per heavy atom. The Morgan fingerprint density at radius 3 is 2.35 bits per heavy atom. The van der Waals surface area contributed by atoms with Crippen molar-refractivity contribution in [3.8, 4) is 5.75 Å². The number of benzene rings is 2. The molecule has 0 fully saturated rings. The van der Waals surface area contributed by atoms with E-state index in [1.54, 1.807) is 26.0 Å². The van der Waals surface area contributed by atoms with Gasteiger partial charge in [-0.25, -0.2) is 0 Å². The van der Waals surface area contributed by atoms with Crippen LogP contribution >= 0.6 is 0 Å². The van der Waals surface area contributed by atoms with Crippen LogP contribution in [0.4, 0.5) is 0 Å². The summed E-state index contributed by atoms with van der Waals surface area (Å²) >= 11 is 0. The van der Waals surface area contributed by atoms with Gasteiger partial charge in [0.05, 0.1) is 17.7 Å². The number of hydrogen-bond acceptors (Lipinski definition) is 4. The third-order valence-electron chi connectivity index (χ3n) is 3.75. The van der Waals surface area contributed by atoms with Crippen molar-refractivity contribution < 1.29 is 19.4 Å². The van der Waals surface area contributed by atoms with Crippen LogP contribution < -0.4 is 15.4 Å². The van der Waals surface area contributed by atoms with Gasteiger partial charge in [-0.05, 0) is 50.6 Å². The monoisotopic (exact) mass is 358 g/mol. The largest absolute Gasteiger partial charge is 0.483 e. The smallest absolute Gasteiger partial charge is 0.258 e. The predicted octanol–water partition coefficient (Wildman–Crippen LogP) is 2.24. The van der Waals surface area contributed by atoms with Gasteiger partial charge in [0.25, 0.3) is 11.8 Å². The lowest BCUT2D eigenvalue weighted by Gasteiger charge is -2.24. The zero-order valence-electron chi connectivity index (χ0n) is 15.6. The molecule has 0 aliphatic carbocycles. The van der Waals surface area contributed by atoms with E-state index in [1.807, 2.05) is 38.1 Å². The standard InChI is InChI=1S/C20H26N2O4/c1-13(2)21-18(24)11-26-17-10-15-8-6-5-7-14(15)9-16(17)19(25)22-20(3,4)12-23/h5-10,13,23H,11-12H2,1-4H3,(H,21,24)(H,22,25). The van der Waals surface area contributed by atoms with E-state index in [0.29, 0.717) is 11.3 Å². The first-order valence-electron chi connectivity index (χ1n) is 8.60. The van der Waals surface area contributed by atoms with Crippen molar-refractivity contribution in [2.45, 2.75) is 39.3 Å². The second kappa shape index (κ2) is 8.19. The fraction of sp³-hybridized carbons (Fsp3) is 0.400. The summed E-state index contributed by atoms with van der Waals surface area (Å²) in [5.74, 6) is -0.293. The van der Waals surface area contributed by atoms with Crippen molar-refractivity contribution in [1.82, 2.24) is 10.6 Å². The molecule has 26 heavy (non-hydrogen) atoms. The Balaban J connectivity index is 2.33. The highest BCUT2D eigenvalue weighted by Crippen LogP contribution is 2.26. The fourth-order valence-corrected chi connectivity index (χ4v) is 2.44. The van der Waals surface area contributed by atoms with Crippen LogP contribution in [0.15, 0.2) is 36.4 Å². The number of rotatable bonds is 7. The number of ether oxygens (including phenoxy) is 1. The first kappa shape index (κ1) is 19.7. The minimum Gasteiger partial charge on any atom is -0.483 e. The average molecular weight is 358 g/mol. The molecule has 0 spiro atoms. The molecule has 140 valence electrons. The molecule has 0 radical (unpaired) electrons. The number of amides is 2. The van der Waals surface area contributed by atoms with E-state index in [-0.39, 0.29) is 31.1 Å². The summed E-state index contributed by atoms with van der Waals surface area (Å²) in [5, 5.41) is 16.7. The lowest BCUT2D eigenvalue weighted by molar-refractivity contribution is -0.123. The van der Waals surface area contributed by atoms with E-state index < -0.39 is 5.54 Å². The normalized spacial score (nSPS) is 11.5. The second-order valence-electron chi connectivity index (χ2n) is 7.20. The number of nitrogens with one attached hydrogen (secondary N) is 2. The van der Waals surface area contributed by atoms with Crippen molar-refractivity contribution in [3.05, 3.63) is 42.0 Å². The average Bonchev–Trinajstić information content (AvgIpc) is 2.58. The zero-order chi connectivity index (χ0) is 19.3. The van der Waals surface area contributed by atoms with Crippen molar-refractivity contribution in [3.63, 3.8) is 0 Å². The van der Waals surface area contributed by atoms with Gasteiger partial charge in [0.15, 0.2) is 6.61 Å². The number of carbonyl (C=O) groups excluding carboxylic acids is 2. The first-order valence-corrected chi connectivity index (χ1v) is 8.60. The van der Waals surface area contributed by atoms with Crippen LogP contribution in [0.3, 0.4) is 0 Å². The van der Waals surface area contributed by atoms with Crippen LogP contribution in [0.25, 0.3) is 10.8 Å². The van der Waals surface area contributed by atoms with E-state index >= 15 is 0 Å². The van der Waals surface area contributed by atoms with Gasteiger partial charge in [0, 0.05) is 6.04 Å². The minimum atomic E-state index is -0.769. The molecule has 6 nitrogen and oxygen atoms in total. The molecular weight excluding hydrogens is 332 g/mol. The van der Waals surface area contributed by atoms with E-state index in [1.165, 1.54) is 0 Å². The number of aliphatic hydroxyl groups excluding tert-OH is 1. The quantitative estimate of drug-likeness (QED) is 0.708. The molecule has 0 unspecified atom stereocenters. The summed E-state index contributed by atoms with van der Waals surface area (Å²) in [6, 6.07) is 11.1. The van der Waals surface area contributed by atoms with E-state index in [0.717, 1.165) is 10.8 Å². The van der Waals surface area contributed by atoms with Gasteiger partial charge < -0.3 is 20.5 Å². The third kappa shape index (κ3) is 5.20. The lowest BCUT2D eigenvalue weighted by Crippen LogP contribution is -2.46. The second-order valence-corrected chi connectivity index (χ2v) is 7.20. The number of hydrogen-bond donors (Lipinski definition) is 3. The summed E-state index contributed by atoms with van der Waals surface area (Å²) in [7, 11) is 0. The molecule has 0 saturated carbocycles. The van der Waals surface area contributed by atoms with Crippen molar-refractivity contribution in [2.24, 2.45) is 0 Å². The van der Waals surface area contributed by atoms with Gasteiger partial charge >= 0.3 is 0 Å². The van der Waals surface area contributed by atoms with Gasteiger partial charge in [-0.2, -0.15) is 0 Å². The third-order valence-corrected chi connectivity index (χ3v) is 3.75. The number of aliphatic hydroxyl groups is 1. The van der Waals surface area contributed by atoms with Crippen molar-refractivity contribution >= 4 is 22.6 Å². The lowest BCUT2D eigenvalue weighted by atomic mass is 10.0. The summed E-state index contributed by atoms with van der Waals surface area (Å²) in [4.78, 5) is 24.6. The van der Waals surface area contributed by atoms with Gasteiger partial charge in [-0.3, -0.25) is 9.59 Å². The maximum atomic E-state index is 12.7. The summed E-state index contributed by atoms with van der Waals surface area (Å²) in [6.07, 6.45) is 0. The van der Waals surface area contributed by atoms with Crippen LogP contribution in [-0.4, -0.2) is 41.7 Å². The van der Waals surface area contributed by atoms with Crippen LogP contribution in [0.5, 0.6) is 5.75 Å². The molecule has 0 aliphatic heterocycles. The number of carbonyl (C=O) groups is 2. The van der Waals surface area contributed by atoms with Crippen molar-refractivity contribution in [1.29, 1.82) is 0 Å². The van der Waals surface area contributed by atoms with Gasteiger partial charge in [0.1, 0.15) is 5.75 Å². The fourth-order valence-electron chi connectivity index (χ4n) is 2.44. The molecule has 2 amide bonds. The molecule has 0 bridgehead atoms. The maximum absolute atomic E-state index is 12.7. The van der Waals surface area contributed by atoms with E-state index in [2.05, 4.69) is 10.6 Å². The van der Waals surface area contributed by atoms with E-state index in [9.17, 15) is 14.7 Å². The predicted molar refractivity (Wildman–Crippen MR) is 101 cm³/mol. The Bertz CT molecular complexity index is 799. The highest BCUT2D eigenvalue weighted by Gasteiger charge is 2.23. The first-order chi connectivity index (χ1) is 12.2. The summed E-state index contributed by atoms with van der Waals surface area (Å²) in [6.45, 7) is 6.80. The zero-order valence-corrected chi connectivity index (χ0v) is 15.6. The van der Waals surface area contributed by atoms with Crippen LogP contribution in [-0.2, 0) is 4.79 Å². The molecule has 2 aromatic carbocycles.